The smallest absolute Gasteiger partial charge is 0.462 e. The summed E-state index contributed by atoms with van der Waals surface area (Å²) in [7, 11) is -1.57. The zero-order chi connectivity index (χ0) is 15.0. The van der Waals surface area contributed by atoms with E-state index in [1.807, 2.05) is 0 Å². The zero-order valence-electron chi connectivity index (χ0n) is 10.8. The number of benzene rings is 1. The third-order valence-corrected chi connectivity index (χ3v) is 2.38. The van der Waals surface area contributed by atoms with Gasteiger partial charge in [0.25, 0.3) is 0 Å². The molecule has 7 heteroatoms. The van der Waals surface area contributed by atoms with E-state index in [0.29, 0.717) is 12.0 Å². The largest absolute Gasteiger partial charge is 0.488 e. The van der Waals surface area contributed by atoms with Gasteiger partial charge in [0.1, 0.15) is 0 Å². The molecule has 0 aliphatic heterocycles. The first-order valence-corrected chi connectivity index (χ1v) is 5.97. The molecule has 0 amide bonds. The average Bonchev–Trinajstić information content (AvgIpc) is 2.46. The summed E-state index contributed by atoms with van der Waals surface area (Å²) in [6, 6.07) is 5.73. The van der Waals surface area contributed by atoms with Crippen molar-refractivity contribution < 1.29 is 29.1 Å². The van der Waals surface area contributed by atoms with Crippen molar-refractivity contribution in [3.8, 4) is 0 Å². The monoisotopic (exact) mass is 278 g/mol. The van der Waals surface area contributed by atoms with Crippen molar-refractivity contribution in [1.82, 2.24) is 0 Å². The number of ether oxygens (including phenoxy) is 2. The standard InChI is InChI=1S/C13H15BO6/c1-2-12(15)19-8-3-9-20-13(16)10-4-6-11(7-5-10)14(17)18/h2,4-7,17-18H,1,3,8-9H2. The molecule has 1 rings (SSSR count). The van der Waals surface area contributed by atoms with Gasteiger partial charge in [0.2, 0.25) is 0 Å². The molecule has 1 aromatic rings. The van der Waals surface area contributed by atoms with Crippen LogP contribution < -0.4 is 5.46 Å². The van der Waals surface area contributed by atoms with Crippen molar-refractivity contribution in [3.05, 3.63) is 42.5 Å². The van der Waals surface area contributed by atoms with Crippen LogP contribution in [-0.2, 0) is 14.3 Å². The van der Waals surface area contributed by atoms with E-state index in [1.54, 1.807) is 0 Å². The molecule has 0 aromatic heterocycles. The molecule has 0 aliphatic rings. The SMILES string of the molecule is C=CC(=O)OCCCOC(=O)c1ccc(B(O)O)cc1. The fraction of sp³-hybridized carbons (Fsp3) is 0.231. The Balaban J connectivity index is 2.32. The van der Waals surface area contributed by atoms with E-state index in [2.05, 4.69) is 6.58 Å². The minimum atomic E-state index is -1.57. The Labute approximate surface area is 116 Å². The maximum atomic E-state index is 11.6. The van der Waals surface area contributed by atoms with Crippen LogP contribution in [0.3, 0.4) is 0 Å². The lowest BCUT2D eigenvalue weighted by Gasteiger charge is -2.06. The lowest BCUT2D eigenvalue weighted by molar-refractivity contribution is -0.137. The van der Waals surface area contributed by atoms with Crippen LogP contribution in [0, 0.1) is 0 Å². The Morgan fingerprint density at radius 2 is 1.75 bits per heavy atom. The van der Waals surface area contributed by atoms with Crippen molar-refractivity contribution in [2.24, 2.45) is 0 Å². The second-order valence-electron chi connectivity index (χ2n) is 3.86. The van der Waals surface area contributed by atoms with E-state index in [-0.39, 0.29) is 18.7 Å². The Morgan fingerprint density at radius 3 is 2.30 bits per heavy atom. The predicted octanol–water partition coefficient (Wildman–Crippen LogP) is -0.358. The van der Waals surface area contributed by atoms with Crippen LogP contribution in [0.15, 0.2) is 36.9 Å². The summed E-state index contributed by atoms with van der Waals surface area (Å²) in [6.45, 7) is 3.52. The number of carbonyl (C=O) groups excluding carboxylic acids is 2. The molecule has 0 saturated carbocycles. The number of esters is 2. The molecule has 0 atom stereocenters. The van der Waals surface area contributed by atoms with Gasteiger partial charge < -0.3 is 19.5 Å². The molecule has 20 heavy (non-hydrogen) atoms. The summed E-state index contributed by atoms with van der Waals surface area (Å²) in [5.74, 6) is -1.05. The van der Waals surface area contributed by atoms with E-state index in [9.17, 15) is 9.59 Å². The van der Waals surface area contributed by atoms with Gasteiger partial charge in [0, 0.05) is 12.5 Å². The fourth-order valence-corrected chi connectivity index (χ4v) is 1.33. The number of hydrogen-bond acceptors (Lipinski definition) is 6. The van der Waals surface area contributed by atoms with Crippen LogP contribution in [0.1, 0.15) is 16.8 Å². The van der Waals surface area contributed by atoms with Crippen molar-refractivity contribution in [3.63, 3.8) is 0 Å². The average molecular weight is 278 g/mol. The minimum absolute atomic E-state index is 0.119. The lowest BCUT2D eigenvalue weighted by Crippen LogP contribution is -2.29. The minimum Gasteiger partial charge on any atom is -0.462 e. The van der Waals surface area contributed by atoms with Gasteiger partial charge >= 0.3 is 19.1 Å². The van der Waals surface area contributed by atoms with E-state index in [4.69, 9.17) is 19.5 Å². The molecular formula is C13H15BO6. The highest BCUT2D eigenvalue weighted by Gasteiger charge is 2.12. The molecule has 1 aromatic carbocycles. The van der Waals surface area contributed by atoms with Gasteiger partial charge in [-0.3, -0.25) is 0 Å². The van der Waals surface area contributed by atoms with Gasteiger partial charge in [-0.15, -0.1) is 0 Å². The van der Waals surface area contributed by atoms with Gasteiger partial charge in [-0.05, 0) is 17.6 Å². The molecule has 0 spiro atoms. The molecule has 6 nitrogen and oxygen atoms in total. The normalized spacial score (nSPS) is 9.70. The second kappa shape index (κ2) is 8.14. The third-order valence-electron chi connectivity index (χ3n) is 2.38. The van der Waals surface area contributed by atoms with E-state index in [0.717, 1.165) is 6.08 Å². The van der Waals surface area contributed by atoms with Gasteiger partial charge in [0.05, 0.1) is 18.8 Å². The fourth-order valence-electron chi connectivity index (χ4n) is 1.33. The molecule has 0 heterocycles. The van der Waals surface area contributed by atoms with Gasteiger partial charge in [-0.25, -0.2) is 9.59 Å². The molecule has 0 saturated heterocycles. The molecule has 0 radical (unpaired) electrons. The Morgan fingerprint density at radius 1 is 1.15 bits per heavy atom. The number of carbonyl (C=O) groups is 2. The molecule has 0 unspecified atom stereocenters. The first-order valence-electron chi connectivity index (χ1n) is 5.97. The molecule has 106 valence electrons. The molecule has 0 fully saturated rings. The summed E-state index contributed by atoms with van der Waals surface area (Å²) < 4.78 is 9.68. The maximum Gasteiger partial charge on any atom is 0.488 e. The number of rotatable bonds is 7. The molecular weight excluding hydrogens is 263 g/mol. The van der Waals surface area contributed by atoms with Gasteiger partial charge in [0.15, 0.2) is 0 Å². The van der Waals surface area contributed by atoms with Crippen LogP contribution in [-0.4, -0.2) is 42.3 Å². The van der Waals surface area contributed by atoms with Crippen molar-refractivity contribution in [2.45, 2.75) is 6.42 Å². The summed E-state index contributed by atoms with van der Waals surface area (Å²) in [6.07, 6.45) is 1.45. The first kappa shape index (κ1) is 15.9. The van der Waals surface area contributed by atoms with Crippen LogP contribution in [0.2, 0.25) is 0 Å². The molecule has 0 bridgehead atoms. The van der Waals surface area contributed by atoms with Crippen molar-refractivity contribution >= 4 is 24.5 Å². The van der Waals surface area contributed by atoms with Crippen LogP contribution in [0.25, 0.3) is 0 Å². The summed E-state index contributed by atoms with van der Waals surface area (Å²) >= 11 is 0. The molecule has 0 aliphatic carbocycles. The van der Waals surface area contributed by atoms with Crippen molar-refractivity contribution in [2.75, 3.05) is 13.2 Å². The van der Waals surface area contributed by atoms with Crippen LogP contribution in [0.4, 0.5) is 0 Å². The Bertz CT molecular complexity index is 468. The van der Waals surface area contributed by atoms with Gasteiger partial charge in [-0.2, -0.15) is 0 Å². The van der Waals surface area contributed by atoms with Crippen LogP contribution >= 0.6 is 0 Å². The topological polar surface area (TPSA) is 93.1 Å². The van der Waals surface area contributed by atoms with E-state index in [1.165, 1.54) is 24.3 Å². The summed E-state index contributed by atoms with van der Waals surface area (Å²) in [4.78, 5) is 22.3. The highest BCUT2D eigenvalue weighted by molar-refractivity contribution is 6.58. The predicted molar refractivity (Wildman–Crippen MR) is 72.3 cm³/mol. The van der Waals surface area contributed by atoms with Gasteiger partial charge in [-0.1, -0.05) is 18.7 Å². The van der Waals surface area contributed by atoms with E-state index >= 15 is 0 Å². The second-order valence-corrected chi connectivity index (χ2v) is 3.86. The third kappa shape index (κ3) is 5.25. The zero-order valence-corrected chi connectivity index (χ0v) is 10.8. The summed E-state index contributed by atoms with van der Waals surface area (Å²) in [5, 5.41) is 17.8. The highest BCUT2D eigenvalue weighted by Crippen LogP contribution is 2.01. The quantitative estimate of drug-likeness (QED) is 0.306. The lowest BCUT2D eigenvalue weighted by atomic mass is 9.80. The van der Waals surface area contributed by atoms with Crippen LogP contribution in [0.5, 0.6) is 0 Å². The molecule has 2 N–H and O–H groups in total. The number of hydrogen-bond donors (Lipinski definition) is 2. The Kier molecular flexibility index (Phi) is 6.48. The maximum absolute atomic E-state index is 11.6. The van der Waals surface area contributed by atoms with Crippen molar-refractivity contribution in [1.29, 1.82) is 0 Å². The highest BCUT2D eigenvalue weighted by atomic mass is 16.5. The Hall–Kier alpha value is -2.12. The first-order chi connectivity index (χ1) is 9.54. The summed E-state index contributed by atoms with van der Waals surface area (Å²) in [5.41, 5.74) is 0.593. The van der Waals surface area contributed by atoms with E-state index < -0.39 is 19.1 Å².